The normalized spacial score (nSPS) is 10.2. The molecule has 27 heavy (non-hydrogen) atoms. The van der Waals surface area contributed by atoms with Crippen LogP contribution >= 0.6 is 0 Å². The molecule has 0 aliphatic heterocycles. The maximum Gasteiger partial charge on any atom is 0.295 e. The molecule has 3 aromatic rings. The number of carbonyl (C=O) groups excluding carboxylic acids is 1. The van der Waals surface area contributed by atoms with Gasteiger partial charge in [0, 0.05) is 25.2 Å². The van der Waals surface area contributed by atoms with E-state index in [0.29, 0.717) is 5.56 Å². The number of nitro benzene ring substituents is 1. The van der Waals surface area contributed by atoms with Crippen molar-refractivity contribution in [3.8, 4) is 11.8 Å². The van der Waals surface area contributed by atoms with Gasteiger partial charge in [-0.25, -0.2) is 9.67 Å². The number of hydrogen-bond acceptors (Lipinski definition) is 6. The van der Waals surface area contributed by atoms with Gasteiger partial charge in [0.25, 0.3) is 11.6 Å². The summed E-state index contributed by atoms with van der Waals surface area (Å²) in [4.78, 5) is 28.7. The molecular weight excluding hydrogens is 348 g/mol. The fraction of sp³-hybridized carbons (Fsp3) is 0.111. The Morgan fingerprint density at radius 1 is 1.33 bits per heavy atom. The van der Waals surface area contributed by atoms with E-state index in [4.69, 9.17) is 5.26 Å². The van der Waals surface area contributed by atoms with Gasteiger partial charge in [0.05, 0.1) is 16.6 Å². The number of nitro groups is 1. The van der Waals surface area contributed by atoms with E-state index in [1.807, 2.05) is 6.07 Å². The van der Waals surface area contributed by atoms with Crippen LogP contribution in [0.3, 0.4) is 0 Å². The van der Waals surface area contributed by atoms with Gasteiger partial charge in [-0.2, -0.15) is 10.4 Å². The highest BCUT2D eigenvalue weighted by molar-refractivity contribution is 5.95. The van der Waals surface area contributed by atoms with Crippen LogP contribution in [-0.2, 0) is 6.54 Å². The van der Waals surface area contributed by atoms with E-state index in [1.54, 1.807) is 31.3 Å². The zero-order valence-electron chi connectivity index (χ0n) is 14.3. The SMILES string of the molecule is CN(Cc1cccc(C#N)c1)C(=O)c1ccc(-n2cncn2)c([N+](=O)[O-])c1. The third-order valence-corrected chi connectivity index (χ3v) is 3.91. The van der Waals surface area contributed by atoms with Crippen molar-refractivity contribution < 1.29 is 9.72 Å². The maximum absolute atomic E-state index is 12.7. The summed E-state index contributed by atoms with van der Waals surface area (Å²) in [6.07, 6.45) is 2.62. The van der Waals surface area contributed by atoms with Gasteiger partial charge >= 0.3 is 0 Å². The molecule has 0 N–H and O–H groups in total. The van der Waals surface area contributed by atoms with Crippen LogP contribution in [0, 0.1) is 21.4 Å². The first kappa shape index (κ1) is 17.8. The molecule has 0 unspecified atom stereocenters. The number of benzene rings is 2. The smallest absolute Gasteiger partial charge is 0.295 e. The number of amides is 1. The maximum atomic E-state index is 12.7. The zero-order chi connectivity index (χ0) is 19.4. The first-order valence-corrected chi connectivity index (χ1v) is 7.87. The number of nitriles is 1. The molecule has 0 spiro atoms. The second-order valence-electron chi connectivity index (χ2n) is 5.77. The van der Waals surface area contributed by atoms with Gasteiger partial charge in [-0.05, 0) is 29.8 Å². The van der Waals surface area contributed by atoms with Gasteiger partial charge in [-0.3, -0.25) is 14.9 Å². The molecular formula is C18H14N6O3. The molecule has 0 atom stereocenters. The van der Waals surface area contributed by atoms with Crippen LogP contribution in [0.4, 0.5) is 5.69 Å². The van der Waals surface area contributed by atoms with Crippen LogP contribution < -0.4 is 0 Å². The van der Waals surface area contributed by atoms with Crippen LogP contribution in [0.15, 0.2) is 55.1 Å². The summed E-state index contributed by atoms with van der Waals surface area (Å²) in [7, 11) is 1.60. The van der Waals surface area contributed by atoms with E-state index < -0.39 is 4.92 Å². The van der Waals surface area contributed by atoms with Crippen molar-refractivity contribution in [1.29, 1.82) is 5.26 Å². The monoisotopic (exact) mass is 362 g/mol. The molecule has 0 aliphatic rings. The van der Waals surface area contributed by atoms with Gasteiger partial charge < -0.3 is 4.90 Å². The van der Waals surface area contributed by atoms with E-state index in [2.05, 4.69) is 10.1 Å². The fourth-order valence-corrected chi connectivity index (χ4v) is 2.63. The van der Waals surface area contributed by atoms with Crippen LogP contribution in [0.2, 0.25) is 0 Å². The molecule has 0 radical (unpaired) electrons. The van der Waals surface area contributed by atoms with Crippen LogP contribution in [0.1, 0.15) is 21.5 Å². The second-order valence-corrected chi connectivity index (χ2v) is 5.77. The lowest BCUT2D eigenvalue weighted by atomic mass is 10.1. The van der Waals surface area contributed by atoms with Crippen molar-refractivity contribution in [3.63, 3.8) is 0 Å². The number of rotatable bonds is 5. The molecule has 0 fully saturated rings. The van der Waals surface area contributed by atoms with Crippen molar-refractivity contribution in [2.24, 2.45) is 0 Å². The Morgan fingerprint density at radius 2 is 2.15 bits per heavy atom. The molecule has 3 rings (SSSR count). The number of carbonyl (C=O) groups is 1. The third kappa shape index (κ3) is 3.80. The standard InChI is InChI=1S/C18H14N6O3/c1-22(10-14-4-2-3-13(7-14)9-19)18(25)15-5-6-16(17(8-15)24(26)27)23-12-20-11-21-23/h2-8,11-12H,10H2,1H3. The topological polar surface area (TPSA) is 118 Å². The minimum Gasteiger partial charge on any atom is -0.337 e. The molecule has 1 aromatic heterocycles. The zero-order valence-corrected chi connectivity index (χ0v) is 14.3. The second kappa shape index (κ2) is 7.45. The molecule has 0 aliphatic carbocycles. The average molecular weight is 362 g/mol. The lowest BCUT2D eigenvalue weighted by Crippen LogP contribution is -2.26. The van der Waals surface area contributed by atoms with Crippen molar-refractivity contribution in [3.05, 3.63) is 81.9 Å². The Morgan fingerprint density at radius 3 is 2.81 bits per heavy atom. The quantitative estimate of drug-likeness (QED) is 0.508. The van der Waals surface area contributed by atoms with Crippen molar-refractivity contribution >= 4 is 11.6 Å². The Kier molecular flexibility index (Phi) is 4.90. The van der Waals surface area contributed by atoms with Crippen LogP contribution in [-0.4, -0.2) is 37.5 Å². The lowest BCUT2D eigenvalue weighted by Gasteiger charge is -2.17. The summed E-state index contributed by atoms with van der Waals surface area (Å²) in [5.74, 6) is -0.370. The fourth-order valence-electron chi connectivity index (χ4n) is 2.63. The van der Waals surface area contributed by atoms with Crippen molar-refractivity contribution in [2.45, 2.75) is 6.54 Å². The van der Waals surface area contributed by atoms with Gasteiger partial charge in [0.15, 0.2) is 0 Å². The Bertz CT molecular complexity index is 1040. The van der Waals surface area contributed by atoms with Crippen LogP contribution in [0.25, 0.3) is 5.69 Å². The number of nitrogens with zero attached hydrogens (tertiary/aromatic N) is 6. The van der Waals surface area contributed by atoms with Crippen LogP contribution in [0.5, 0.6) is 0 Å². The van der Waals surface area contributed by atoms with E-state index in [0.717, 1.165) is 5.56 Å². The summed E-state index contributed by atoms with van der Waals surface area (Å²) in [5, 5.41) is 24.3. The summed E-state index contributed by atoms with van der Waals surface area (Å²) < 4.78 is 1.27. The van der Waals surface area contributed by atoms with Gasteiger partial charge in [-0.15, -0.1) is 0 Å². The Balaban J connectivity index is 1.86. The highest BCUT2D eigenvalue weighted by Crippen LogP contribution is 2.24. The highest BCUT2D eigenvalue weighted by atomic mass is 16.6. The van der Waals surface area contributed by atoms with Gasteiger partial charge in [0.2, 0.25) is 0 Å². The summed E-state index contributed by atoms with van der Waals surface area (Å²) >= 11 is 0. The molecule has 0 saturated heterocycles. The highest BCUT2D eigenvalue weighted by Gasteiger charge is 2.21. The molecule has 9 heteroatoms. The predicted octanol–water partition coefficient (Wildman–Crippen LogP) is 2.32. The lowest BCUT2D eigenvalue weighted by molar-refractivity contribution is -0.384. The predicted molar refractivity (Wildman–Crippen MR) is 95.0 cm³/mol. The Labute approximate surface area is 154 Å². The number of aromatic nitrogens is 3. The van der Waals surface area contributed by atoms with Gasteiger partial charge in [0.1, 0.15) is 18.3 Å². The first-order chi connectivity index (χ1) is 13.0. The molecule has 0 saturated carbocycles. The molecule has 9 nitrogen and oxygen atoms in total. The van der Waals surface area contributed by atoms with Crippen molar-refractivity contribution in [2.75, 3.05) is 7.05 Å². The summed E-state index contributed by atoms with van der Waals surface area (Å²) in [6.45, 7) is 0.271. The van der Waals surface area contributed by atoms with E-state index >= 15 is 0 Å². The molecule has 134 valence electrons. The average Bonchev–Trinajstić information content (AvgIpc) is 3.21. The molecule has 1 heterocycles. The molecule has 0 bridgehead atoms. The summed E-state index contributed by atoms with van der Waals surface area (Å²) in [5.41, 5.74) is 1.45. The van der Waals surface area contributed by atoms with E-state index in [9.17, 15) is 14.9 Å². The largest absolute Gasteiger partial charge is 0.337 e. The summed E-state index contributed by atoms with van der Waals surface area (Å²) in [6, 6.07) is 13.2. The molecule has 2 aromatic carbocycles. The van der Waals surface area contributed by atoms with E-state index in [-0.39, 0.29) is 29.4 Å². The minimum absolute atomic E-state index is 0.185. The number of hydrogen-bond donors (Lipinski definition) is 0. The third-order valence-electron chi connectivity index (χ3n) is 3.91. The first-order valence-electron chi connectivity index (χ1n) is 7.87. The minimum atomic E-state index is -0.565. The van der Waals surface area contributed by atoms with E-state index in [1.165, 1.54) is 40.4 Å². The van der Waals surface area contributed by atoms with Crippen molar-refractivity contribution in [1.82, 2.24) is 19.7 Å². The molecule has 1 amide bonds. The Hall–Kier alpha value is -4.06. The van der Waals surface area contributed by atoms with Gasteiger partial charge in [-0.1, -0.05) is 12.1 Å².